The third-order valence-corrected chi connectivity index (χ3v) is 6.95. The minimum Gasteiger partial charge on any atom is -0.457 e. The minimum atomic E-state index is -0.00620. The Balaban J connectivity index is 1.23. The number of hydrogen-bond donors (Lipinski definition) is 1. The van der Waals surface area contributed by atoms with Crippen molar-refractivity contribution in [2.45, 2.75) is 20.3 Å². The lowest BCUT2D eigenvalue weighted by atomic mass is 10.2. The Morgan fingerprint density at radius 3 is 2.75 bits per heavy atom. The highest BCUT2D eigenvalue weighted by molar-refractivity contribution is 6.08. The van der Waals surface area contributed by atoms with Gasteiger partial charge < -0.3 is 19.4 Å². The molecule has 0 atom stereocenters. The number of likely N-dealkylation sites (N-methyl/N-ethyl adjacent to an activating group) is 1. The predicted molar refractivity (Wildman–Crippen MR) is 155 cm³/mol. The molecule has 6 rings (SSSR count). The highest BCUT2D eigenvalue weighted by Gasteiger charge is 2.28. The molecule has 5 aromatic rings. The van der Waals surface area contributed by atoms with Gasteiger partial charge in [0.2, 0.25) is 0 Å². The largest absolute Gasteiger partial charge is 0.457 e. The molecule has 1 N–H and O–H groups in total. The summed E-state index contributed by atoms with van der Waals surface area (Å²) in [4.78, 5) is 34.6. The molecule has 1 aliphatic heterocycles. The standard InChI is InChI=1S/C30H30N8O2/c1-19-13-22(5-6-26(19)40-23-9-12-37-20(2)16-31-27(37)14-23)35-29-24-15-28(32-17-25(24)33-18-34-29)38-11-8-21(30(38)39)7-10-36(3)4/h5-7,9,12-18H,8,10-11H2,1-4H3,(H,33,34,35)/b21-7+. The van der Waals surface area contributed by atoms with Crippen LogP contribution in [0.3, 0.4) is 0 Å². The number of imidazole rings is 1. The fraction of sp³-hybridized carbons (Fsp3) is 0.233. The Morgan fingerprint density at radius 1 is 1.05 bits per heavy atom. The maximum atomic E-state index is 13.0. The summed E-state index contributed by atoms with van der Waals surface area (Å²) in [5.74, 6) is 2.70. The van der Waals surface area contributed by atoms with E-state index < -0.39 is 0 Å². The lowest BCUT2D eigenvalue weighted by Crippen LogP contribution is -2.25. The van der Waals surface area contributed by atoms with E-state index in [1.165, 1.54) is 6.33 Å². The molecule has 0 aliphatic carbocycles. The number of ether oxygens (including phenoxy) is 1. The Hall–Kier alpha value is -4.83. The lowest BCUT2D eigenvalue weighted by molar-refractivity contribution is -0.114. The average molecular weight is 535 g/mol. The molecule has 0 saturated carbocycles. The van der Waals surface area contributed by atoms with Gasteiger partial charge in [0, 0.05) is 53.9 Å². The number of aromatic nitrogens is 5. The van der Waals surface area contributed by atoms with Crippen molar-refractivity contribution in [1.29, 1.82) is 0 Å². The van der Waals surface area contributed by atoms with Crippen LogP contribution >= 0.6 is 0 Å². The molecule has 10 nitrogen and oxygen atoms in total. The van der Waals surface area contributed by atoms with Gasteiger partial charge in [-0.15, -0.1) is 0 Å². The molecule has 10 heteroatoms. The maximum absolute atomic E-state index is 13.0. The first-order chi connectivity index (χ1) is 19.4. The van der Waals surface area contributed by atoms with Crippen LogP contribution in [0.1, 0.15) is 17.7 Å². The summed E-state index contributed by atoms with van der Waals surface area (Å²) >= 11 is 0. The molecule has 0 bridgehead atoms. The molecular formula is C30H30N8O2. The van der Waals surface area contributed by atoms with E-state index in [1.54, 1.807) is 11.1 Å². The number of carbonyl (C=O) groups is 1. The van der Waals surface area contributed by atoms with Crippen LogP contribution in [0.5, 0.6) is 11.5 Å². The van der Waals surface area contributed by atoms with Gasteiger partial charge in [-0.05, 0) is 70.3 Å². The van der Waals surface area contributed by atoms with Gasteiger partial charge in [-0.3, -0.25) is 9.69 Å². The molecule has 0 radical (unpaired) electrons. The molecule has 202 valence electrons. The summed E-state index contributed by atoms with van der Waals surface area (Å²) in [6, 6.07) is 11.6. The second-order valence-corrected chi connectivity index (χ2v) is 10.2. The van der Waals surface area contributed by atoms with E-state index in [2.05, 4.69) is 25.3 Å². The van der Waals surface area contributed by atoms with Crippen molar-refractivity contribution in [3.8, 4) is 11.5 Å². The number of anilines is 3. The van der Waals surface area contributed by atoms with Gasteiger partial charge in [-0.25, -0.2) is 19.9 Å². The number of fused-ring (bicyclic) bond motifs is 2. The van der Waals surface area contributed by atoms with Crippen molar-refractivity contribution in [2.75, 3.05) is 37.4 Å². The van der Waals surface area contributed by atoms with Gasteiger partial charge >= 0.3 is 0 Å². The molecule has 5 heterocycles. The number of rotatable bonds is 7. The van der Waals surface area contributed by atoms with Gasteiger partial charge in [0.05, 0.1) is 11.7 Å². The summed E-state index contributed by atoms with van der Waals surface area (Å²) in [7, 11) is 3.97. The van der Waals surface area contributed by atoms with Crippen LogP contribution in [-0.2, 0) is 4.79 Å². The first kappa shape index (κ1) is 25.4. The summed E-state index contributed by atoms with van der Waals surface area (Å²) in [6.45, 7) is 5.34. The van der Waals surface area contributed by atoms with Gasteiger partial charge in [0.15, 0.2) is 0 Å². The third kappa shape index (κ3) is 4.96. The summed E-state index contributed by atoms with van der Waals surface area (Å²) in [5, 5.41) is 4.19. The van der Waals surface area contributed by atoms with E-state index in [9.17, 15) is 4.79 Å². The first-order valence-electron chi connectivity index (χ1n) is 13.1. The number of nitrogens with zero attached hydrogens (tertiary/aromatic N) is 7. The molecule has 1 aromatic carbocycles. The highest BCUT2D eigenvalue weighted by Crippen LogP contribution is 2.32. The molecule has 0 spiro atoms. The average Bonchev–Trinajstić information content (AvgIpc) is 3.50. The molecular weight excluding hydrogens is 504 g/mol. The van der Waals surface area contributed by atoms with E-state index in [0.717, 1.165) is 51.6 Å². The number of nitrogens with one attached hydrogen (secondary N) is 1. The monoisotopic (exact) mass is 534 g/mol. The number of hydrogen-bond acceptors (Lipinski definition) is 8. The van der Waals surface area contributed by atoms with Gasteiger partial charge in [-0.2, -0.15) is 0 Å². The van der Waals surface area contributed by atoms with E-state index in [1.807, 2.05) is 92.1 Å². The number of pyridine rings is 2. The van der Waals surface area contributed by atoms with Crippen LogP contribution in [0.25, 0.3) is 16.6 Å². The second-order valence-electron chi connectivity index (χ2n) is 10.2. The zero-order valence-electron chi connectivity index (χ0n) is 22.9. The van der Waals surface area contributed by atoms with Crippen molar-refractivity contribution < 1.29 is 9.53 Å². The molecule has 1 saturated heterocycles. The first-order valence-corrected chi connectivity index (χ1v) is 13.1. The molecule has 1 aliphatic rings. The van der Waals surface area contributed by atoms with Gasteiger partial charge in [-0.1, -0.05) is 6.08 Å². The third-order valence-electron chi connectivity index (χ3n) is 6.95. The minimum absolute atomic E-state index is 0.00620. The SMILES string of the molecule is Cc1cc(Nc2ncnc3cnc(N4CC/C(=C\CN(C)C)C4=O)cc23)ccc1Oc1ccn2c(C)cnc2c1. The van der Waals surface area contributed by atoms with Crippen LogP contribution in [0.15, 0.2) is 73.0 Å². The summed E-state index contributed by atoms with van der Waals surface area (Å²) < 4.78 is 8.18. The zero-order chi connectivity index (χ0) is 27.8. The number of aryl methyl sites for hydroxylation is 2. The van der Waals surface area contributed by atoms with Crippen molar-refractivity contribution >= 4 is 39.8 Å². The second kappa shape index (κ2) is 10.4. The summed E-state index contributed by atoms with van der Waals surface area (Å²) in [5.41, 5.74) is 5.24. The quantitative estimate of drug-likeness (QED) is 0.290. The van der Waals surface area contributed by atoms with Crippen LogP contribution in [0.4, 0.5) is 17.3 Å². The Morgan fingerprint density at radius 2 is 1.93 bits per heavy atom. The van der Waals surface area contributed by atoms with Crippen LogP contribution in [-0.4, -0.2) is 62.3 Å². The lowest BCUT2D eigenvalue weighted by Gasteiger charge is -2.16. The van der Waals surface area contributed by atoms with Crippen molar-refractivity contribution in [3.63, 3.8) is 0 Å². The topological polar surface area (TPSA) is 101 Å². The van der Waals surface area contributed by atoms with Gasteiger partial charge in [0.25, 0.3) is 5.91 Å². The molecule has 1 amide bonds. The summed E-state index contributed by atoms with van der Waals surface area (Å²) in [6.07, 6.45) is 9.68. The number of amides is 1. The smallest absolute Gasteiger partial charge is 0.255 e. The van der Waals surface area contributed by atoms with E-state index >= 15 is 0 Å². The van der Waals surface area contributed by atoms with E-state index in [4.69, 9.17) is 4.74 Å². The Kier molecular flexibility index (Phi) is 6.61. The zero-order valence-corrected chi connectivity index (χ0v) is 22.9. The van der Waals surface area contributed by atoms with E-state index in [0.29, 0.717) is 30.1 Å². The normalized spacial score (nSPS) is 14.7. The molecule has 1 fully saturated rings. The van der Waals surface area contributed by atoms with Gasteiger partial charge in [0.1, 0.15) is 35.1 Å². The molecule has 0 unspecified atom stereocenters. The van der Waals surface area contributed by atoms with Crippen LogP contribution < -0.4 is 15.0 Å². The van der Waals surface area contributed by atoms with Crippen molar-refractivity contribution in [3.05, 3.63) is 84.2 Å². The van der Waals surface area contributed by atoms with E-state index in [-0.39, 0.29) is 5.91 Å². The number of benzene rings is 1. The number of carbonyl (C=O) groups excluding carboxylic acids is 1. The Bertz CT molecular complexity index is 1780. The van der Waals surface area contributed by atoms with Crippen LogP contribution in [0.2, 0.25) is 0 Å². The predicted octanol–water partition coefficient (Wildman–Crippen LogP) is 5.05. The Labute approximate surface area is 232 Å². The fourth-order valence-electron chi connectivity index (χ4n) is 4.77. The molecule has 40 heavy (non-hydrogen) atoms. The highest BCUT2D eigenvalue weighted by atomic mass is 16.5. The van der Waals surface area contributed by atoms with Crippen molar-refractivity contribution in [2.24, 2.45) is 0 Å². The molecule has 4 aromatic heterocycles. The maximum Gasteiger partial charge on any atom is 0.255 e. The fourth-order valence-corrected chi connectivity index (χ4v) is 4.77. The van der Waals surface area contributed by atoms with Crippen molar-refractivity contribution in [1.82, 2.24) is 29.2 Å². The van der Waals surface area contributed by atoms with Crippen LogP contribution in [0, 0.1) is 13.8 Å².